The van der Waals surface area contributed by atoms with Gasteiger partial charge in [0.1, 0.15) is 0 Å². The van der Waals surface area contributed by atoms with Crippen LogP contribution in [-0.4, -0.2) is 29.9 Å². The lowest BCUT2D eigenvalue weighted by molar-refractivity contribution is 1.07. The molecule has 286 valence electrons. The zero-order valence-corrected chi connectivity index (χ0v) is 33.5. The van der Waals surface area contributed by atoms with Crippen molar-refractivity contribution in [1.82, 2.24) is 29.9 Å². The van der Waals surface area contributed by atoms with E-state index >= 15 is 0 Å². The highest BCUT2D eigenvalue weighted by Crippen LogP contribution is 2.44. The average molecular weight is 799 g/mol. The first-order chi connectivity index (χ1) is 30.2. The topological polar surface area (TPSA) is 77.3 Å². The van der Waals surface area contributed by atoms with Gasteiger partial charge in [0.25, 0.3) is 0 Å². The SMILES string of the molecule is c1ccc(-c2nc(-c3ccccc3)nc(-c3ccc(-c4cccc5c4sc4c(-c6ccc(-c7nc(-c8ccccc8)nc(-c8ccccc8)n7)cc6)cccc45)cc3)n2)cc1. The maximum atomic E-state index is 4.94. The Kier molecular flexibility index (Phi) is 9.26. The van der Waals surface area contributed by atoms with Crippen molar-refractivity contribution in [3.8, 4) is 90.6 Å². The van der Waals surface area contributed by atoms with Crippen molar-refractivity contribution in [2.45, 2.75) is 0 Å². The smallest absolute Gasteiger partial charge is 0.164 e. The largest absolute Gasteiger partial charge is 0.208 e. The zero-order valence-electron chi connectivity index (χ0n) is 32.7. The average Bonchev–Trinajstić information content (AvgIpc) is 3.74. The Labute approximate surface area is 356 Å². The van der Waals surface area contributed by atoms with E-state index in [0.29, 0.717) is 34.9 Å². The van der Waals surface area contributed by atoms with E-state index < -0.39 is 0 Å². The molecule has 0 aliphatic heterocycles. The second kappa shape index (κ2) is 15.6. The molecular weight excluding hydrogens is 765 g/mol. The van der Waals surface area contributed by atoms with Gasteiger partial charge >= 0.3 is 0 Å². The fraction of sp³-hybridized carbons (Fsp3) is 0. The summed E-state index contributed by atoms with van der Waals surface area (Å²) in [7, 11) is 0. The van der Waals surface area contributed by atoms with Gasteiger partial charge < -0.3 is 0 Å². The molecule has 0 bridgehead atoms. The van der Waals surface area contributed by atoms with Gasteiger partial charge in [0.15, 0.2) is 34.9 Å². The molecule has 0 atom stereocenters. The summed E-state index contributed by atoms with van der Waals surface area (Å²) in [6, 6.07) is 70.7. The molecular formula is C54H34N6S. The van der Waals surface area contributed by atoms with Gasteiger partial charge in [0, 0.05) is 53.6 Å². The lowest BCUT2D eigenvalue weighted by Gasteiger charge is -2.09. The summed E-state index contributed by atoms with van der Waals surface area (Å²) < 4.78 is 2.50. The van der Waals surface area contributed by atoms with Crippen LogP contribution < -0.4 is 0 Å². The van der Waals surface area contributed by atoms with Crippen LogP contribution in [0, 0.1) is 0 Å². The fourth-order valence-electron chi connectivity index (χ4n) is 7.75. The lowest BCUT2D eigenvalue weighted by Crippen LogP contribution is -2.00. The van der Waals surface area contributed by atoms with Crippen LogP contribution in [0.3, 0.4) is 0 Å². The second-order valence-corrected chi connectivity index (χ2v) is 15.7. The zero-order chi connectivity index (χ0) is 40.5. The normalized spacial score (nSPS) is 11.3. The summed E-state index contributed by atoms with van der Waals surface area (Å²) >= 11 is 1.84. The molecule has 61 heavy (non-hydrogen) atoms. The van der Waals surface area contributed by atoms with Crippen LogP contribution in [0.4, 0.5) is 0 Å². The lowest BCUT2D eigenvalue weighted by atomic mass is 9.99. The number of hydrogen-bond donors (Lipinski definition) is 0. The fourth-order valence-corrected chi connectivity index (χ4v) is 9.12. The quantitative estimate of drug-likeness (QED) is 0.152. The third kappa shape index (κ3) is 7.03. The maximum Gasteiger partial charge on any atom is 0.164 e. The van der Waals surface area contributed by atoms with Gasteiger partial charge in [-0.05, 0) is 22.3 Å². The van der Waals surface area contributed by atoms with Gasteiger partial charge in [-0.15, -0.1) is 11.3 Å². The Hall–Kier alpha value is -8.00. The van der Waals surface area contributed by atoms with Gasteiger partial charge in [-0.1, -0.05) is 206 Å². The van der Waals surface area contributed by atoms with E-state index in [-0.39, 0.29) is 0 Å². The molecule has 0 aliphatic carbocycles. The first kappa shape index (κ1) is 36.1. The molecule has 7 heteroatoms. The van der Waals surface area contributed by atoms with E-state index in [1.54, 1.807) is 0 Å². The van der Waals surface area contributed by atoms with E-state index in [9.17, 15) is 0 Å². The number of thiophene rings is 1. The van der Waals surface area contributed by atoms with Gasteiger partial charge in [-0.25, -0.2) is 29.9 Å². The molecule has 0 radical (unpaired) electrons. The standard InChI is InChI=1S/C54H34N6S/c1-5-15-37(16-6-1)49-55-50(38-17-7-2-8-18-38)58-53(57-49)41-31-27-35(28-32-41)43-23-13-25-45-46-26-14-24-44(48(46)61-47(43)45)36-29-33-42(34-30-36)54-59-51(39-19-9-3-10-20-39)56-52(60-54)40-21-11-4-12-22-40/h1-34H. The number of benzene rings is 8. The number of aromatic nitrogens is 6. The van der Waals surface area contributed by atoms with Crippen LogP contribution in [0.25, 0.3) is 111 Å². The molecule has 3 heterocycles. The Morgan fingerprint density at radius 2 is 0.459 bits per heavy atom. The minimum atomic E-state index is 0.638. The second-order valence-electron chi connectivity index (χ2n) is 14.7. The third-order valence-electron chi connectivity index (χ3n) is 10.8. The van der Waals surface area contributed by atoms with E-state index in [1.165, 1.54) is 31.3 Å². The minimum Gasteiger partial charge on any atom is -0.208 e. The van der Waals surface area contributed by atoms with Crippen molar-refractivity contribution >= 4 is 31.5 Å². The molecule has 0 N–H and O–H groups in total. The summed E-state index contributed by atoms with van der Waals surface area (Å²) in [5.74, 6) is 3.86. The van der Waals surface area contributed by atoms with E-state index in [1.807, 2.05) is 133 Å². The highest BCUT2D eigenvalue weighted by Gasteiger charge is 2.17. The van der Waals surface area contributed by atoms with Gasteiger partial charge in [-0.2, -0.15) is 0 Å². The van der Waals surface area contributed by atoms with Crippen molar-refractivity contribution in [3.63, 3.8) is 0 Å². The monoisotopic (exact) mass is 798 g/mol. The highest BCUT2D eigenvalue weighted by molar-refractivity contribution is 7.26. The van der Waals surface area contributed by atoms with Crippen LogP contribution in [0.5, 0.6) is 0 Å². The predicted molar refractivity (Wildman–Crippen MR) is 250 cm³/mol. The molecule has 0 amide bonds. The van der Waals surface area contributed by atoms with Crippen LogP contribution in [0.15, 0.2) is 206 Å². The molecule has 0 unspecified atom stereocenters. The van der Waals surface area contributed by atoms with E-state index in [0.717, 1.165) is 44.5 Å². The van der Waals surface area contributed by atoms with Crippen molar-refractivity contribution in [1.29, 1.82) is 0 Å². The molecule has 0 saturated heterocycles. The molecule has 0 aliphatic rings. The summed E-state index contributed by atoms with van der Waals surface area (Å²) in [4.78, 5) is 29.5. The van der Waals surface area contributed by atoms with Crippen LogP contribution in [0.2, 0.25) is 0 Å². The Balaban J connectivity index is 0.941. The number of hydrogen-bond acceptors (Lipinski definition) is 7. The Bertz CT molecular complexity index is 2980. The van der Waals surface area contributed by atoms with Gasteiger partial charge in [0.05, 0.1) is 0 Å². The molecule has 3 aromatic heterocycles. The molecule has 8 aromatic carbocycles. The first-order valence-corrected chi connectivity index (χ1v) is 20.9. The third-order valence-corrected chi connectivity index (χ3v) is 12.1. The van der Waals surface area contributed by atoms with Crippen molar-refractivity contribution < 1.29 is 0 Å². The van der Waals surface area contributed by atoms with Crippen LogP contribution >= 0.6 is 11.3 Å². The summed E-state index contributed by atoms with van der Waals surface area (Å²) in [5, 5.41) is 2.48. The number of fused-ring (bicyclic) bond motifs is 3. The van der Waals surface area contributed by atoms with Crippen molar-refractivity contribution in [2.75, 3.05) is 0 Å². The molecule has 11 aromatic rings. The number of nitrogens with zero attached hydrogens (tertiary/aromatic N) is 6. The minimum absolute atomic E-state index is 0.638. The van der Waals surface area contributed by atoms with Gasteiger partial charge in [-0.3, -0.25) is 0 Å². The first-order valence-electron chi connectivity index (χ1n) is 20.1. The molecule has 11 rings (SSSR count). The molecule has 0 saturated carbocycles. The summed E-state index contributed by atoms with van der Waals surface area (Å²) in [5.41, 5.74) is 10.3. The van der Waals surface area contributed by atoms with Crippen LogP contribution in [0.1, 0.15) is 0 Å². The molecule has 0 fully saturated rings. The molecule has 6 nitrogen and oxygen atoms in total. The molecule has 0 spiro atoms. The highest BCUT2D eigenvalue weighted by atomic mass is 32.1. The van der Waals surface area contributed by atoms with Gasteiger partial charge in [0.2, 0.25) is 0 Å². The van der Waals surface area contributed by atoms with E-state index in [2.05, 4.69) is 84.9 Å². The maximum absolute atomic E-state index is 4.94. The van der Waals surface area contributed by atoms with Crippen molar-refractivity contribution in [2.24, 2.45) is 0 Å². The van der Waals surface area contributed by atoms with Crippen LogP contribution in [-0.2, 0) is 0 Å². The summed E-state index contributed by atoms with van der Waals surface area (Å²) in [6.07, 6.45) is 0. The Morgan fingerprint density at radius 3 is 0.738 bits per heavy atom. The Morgan fingerprint density at radius 1 is 0.213 bits per heavy atom. The summed E-state index contributed by atoms with van der Waals surface area (Å²) in [6.45, 7) is 0. The predicted octanol–water partition coefficient (Wildman–Crippen LogP) is 13.8. The number of rotatable bonds is 8. The van der Waals surface area contributed by atoms with Crippen molar-refractivity contribution in [3.05, 3.63) is 206 Å². The van der Waals surface area contributed by atoms with E-state index in [4.69, 9.17) is 29.9 Å².